The molecular formula is C18H14N4O. The third-order valence-corrected chi connectivity index (χ3v) is 3.19. The Balaban J connectivity index is 2.08. The molecule has 0 saturated carbocycles. The zero-order valence-electron chi connectivity index (χ0n) is 12.3. The Labute approximate surface area is 134 Å². The number of hydrogen-bond donors (Lipinski definition) is 1. The molecule has 112 valence electrons. The number of aromatic nitrogens is 3. The van der Waals surface area contributed by atoms with Gasteiger partial charge in [-0.2, -0.15) is 0 Å². The highest BCUT2D eigenvalue weighted by atomic mass is 16.2. The van der Waals surface area contributed by atoms with Gasteiger partial charge in [0.1, 0.15) is 0 Å². The van der Waals surface area contributed by atoms with E-state index in [4.69, 9.17) is 6.42 Å². The molecule has 0 atom stereocenters. The van der Waals surface area contributed by atoms with Crippen LogP contribution < -0.4 is 5.32 Å². The fourth-order valence-electron chi connectivity index (χ4n) is 2.14. The van der Waals surface area contributed by atoms with Crippen LogP contribution in [-0.2, 0) is 0 Å². The largest absolute Gasteiger partial charge is 0.338 e. The number of nitrogens with zero attached hydrogens (tertiary/aromatic N) is 3. The van der Waals surface area contributed by atoms with Crippen LogP contribution in [0, 0.1) is 12.3 Å². The summed E-state index contributed by atoms with van der Waals surface area (Å²) < 4.78 is 1.65. The highest BCUT2D eigenvalue weighted by Gasteiger charge is 2.18. The summed E-state index contributed by atoms with van der Waals surface area (Å²) in [6, 6.07) is 19.1. The molecule has 1 aromatic heterocycles. The monoisotopic (exact) mass is 302 g/mol. The van der Waals surface area contributed by atoms with Crippen molar-refractivity contribution in [2.24, 2.45) is 0 Å². The molecule has 0 radical (unpaired) electrons. The topological polar surface area (TPSA) is 59.8 Å². The van der Waals surface area contributed by atoms with E-state index in [-0.39, 0.29) is 12.4 Å². The number of carbonyl (C=O) groups is 1. The minimum Gasteiger partial charge on any atom is -0.338 e. The third-order valence-electron chi connectivity index (χ3n) is 3.19. The van der Waals surface area contributed by atoms with E-state index in [9.17, 15) is 4.79 Å². The van der Waals surface area contributed by atoms with Crippen molar-refractivity contribution >= 4 is 5.91 Å². The SMILES string of the molecule is C#CCNC(=O)c1nc(-c2ccccc2)n(-c2ccccc2)n1. The van der Waals surface area contributed by atoms with Gasteiger partial charge in [-0.05, 0) is 12.1 Å². The molecule has 0 bridgehead atoms. The summed E-state index contributed by atoms with van der Waals surface area (Å²) >= 11 is 0. The van der Waals surface area contributed by atoms with E-state index in [2.05, 4.69) is 21.3 Å². The fourth-order valence-corrected chi connectivity index (χ4v) is 2.14. The maximum Gasteiger partial charge on any atom is 0.291 e. The molecule has 23 heavy (non-hydrogen) atoms. The average Bonchev–Trinajstić information content (AvgIpc) is 3.06. The summed E-state index contributed by atoms with van der Waals surface area (Å²) in [5.74, 6) is 2.65. The molecule has 5 heteroatoms. The second-order valence-corrected chi connectivity index (χ2v) is 4.76. The van der Waals surface area contributed by atoms with Crippen molar-refractivity contribution in [1.82, 2.24) is 20.1 Å². The molecule has 2 aromatic carbocycles. The molecule has 0 saturated heterocycles. The summed E-state index contributed by atoms with van der Waals surface area (Å²) in [5, 5.41) is 6.91. The van der Waals surface area contributed by atoms with Crippen LogP contribution in [0.1, 0.15) is 10.6 Å². The fraction of sp³-hybridized carbons (Fsp3) is 0.0556. The Kier molecular flexibility index (Phi) is 4.16. The van der Waals surface area contributed by atoms with Gasteiger partial charge in [-0.3, -0.25) is 4.79 Å². The van der Waals surface area contributed by atoms with E-state index in [1.807, 2.05) is 60.7 Å². The van der Waals surface area contributed by atoms with Crippen LogP contribution in [0.4, 0.5) is 0 Å². The lowest BCUT2D eigenvalue weighted by Gasteiger charge is -2.05. The smallest absolute Gasteiger partial charge is 0.291 e. The highest BCUT2D eigenvalue weighted by molar-refractivity contribution is 5.91. The van der Waals surface area contributed by atoms with E-state index in [1.165, 1.54) is 0 Å². The number of carbonyl (C=O) groups excluding carboxylic acids is 1. The maximum atomic E-state index is 12.1. The predicted octanol–water partition coefficient (Wildman–Crippen LogP) is 2.30. The first-order chi connectivity index (χ1) is 11.3. The van der Waals surface area contributed by atoms with Gasteiger partial charge in [-0.1, -0.05) is 54.5 Å². The number of rotatable bonds is 4. The number of hydrogen-bond acceptors (Lipinski definition) is 3. The molecule has 0 unspecified atom stereocenters. The molecule has 0 spiro atoms. The molecule has 0 fully saturated rings. The van der Waals surface area contributed by atoms with Gasteiger partial charge >= 0.3 is 0 Å². The summed E-state index contributed by atoms with van der Waals surface area (Å²) in [7, 11) is 0. The summed E-state index contributed by atoms with van der Waals surface area (Å²) in [6.07, 6.45) is 5.16. The van der Waals surface area contributed by atoms with Crippen LogP contribution in [0.3, 0.4) is 0 Å². The normalized spacial score (nSPS) is 10.0. The van der Waals surface area contributed by atoms with E-state index >= 15 is 0 Å². The summed E-state index contributed by atoms with van der Waals surface area (Å²) in [4.78, 5) is 16.5. The molecule has 0 aliphatic rings. The van der Waals surface area contributed by atoms with Gasteiger partial charge in [0.2, 0.25) is 5.82 Å². The van der Waals surface area contributed by atoms with Crippen molar-refractivity contribution in [2.75, 3.05) is 6.54 Å². The number of para-hydroxylation sites is 1. The zero-order chi connectivity index (χ0) is 16.1. The van der Waals surface area contributed by atoms with Gasteiger partial charge in [0.15, 0.2) is 5.82 Å². The van der Waals surface area contributed by atoms with Gasteiger partial charge in [0.25, 0.3) is 5.91 Å². The van der Waals surface area contributed by atoms with E-state index in [1.54, 1.807) is 4.68 Å². The number of terminal acetylenes is 1. The summed E-state index contributed by atoms with van der Waals surface area (Å²) in [5.41, 5.74) is 1.70. The summed E-state index contributed by atoms with van der Waals surface area (Å²) in [6.45, 7) is 0.138. The van der Waals surface area contributed by atoms with Crippen LogP contribution in [0.15, 0.2) is 60.7 Å². The van der Waals surface area contributed by atoms with Gasteiger partial charge in [-0.25, -0.2) is 9.67 Å². The van der Waals surface area contributed by atoms with E-state index < -0.39 is 5.91 Å². The van der Waals surface area contributed by atoms with Crippen molar-refractivity contribution in [2.45, 2.75) is 0 Å². The van der Waals surface area contributed by atoms with Crippen LogP contribution >= 0.6 is 0 Å². The quantitative estimate of drug-likeness (QED) is 0.752. The number of nitrogens with one attached hydrogen (secondary N) is 1. The third kappa shape index (κ3) is 3.11. The minimum absolute atomic E-state index is 0.0861. The first-order valence-corrected chi connectivity index (χ1v) is 7.09. The molecular weight excluding hydrogens is 288 g/mol. The molecule has 1 N–H and O–H groups in total. The van der Waals surface area contributed by atoms with Crippen LogP contribution in [0.2, 0.25) is 0 Å². The molecule has 0 aliphatic carbocycles. The van der Waals surface area contributed by atoms with Crippen molar-refractivity contribution < 1.29 is 4.79 Å². The lowest BCUT2D eigenvalue weighted by molar-refractivity contribution is 0.0948. The Morgan fingerprint density at radius 3 is 2.39 bits per heavy atom. The second kappa shape index (κ2) is 6.58. The molecule has 0 aliphatic heterocycles. The highest BCUT2D eigenvalue weighted by Crippen LogP contribution is 2.20. The second-order valence-electron chi connectivity index (χ2n) is 4.76. The van der Waals surface area contributed by atoms with Crippen molar-refractivity contribution in [1.29, 1.82) is 0 Å². The van der Waals surface area contributed by atoms with Gasteiger partial charge in [-0.15, -0.1) is 11.5 Å². The predicted molar refractivity (Wildman–Crippen MR) is 88.0 cm³/mol. The Bertz CT molecular complexity index is 791. The Hall–Kier alpha value is -3.39. The molecule has 3 aromatic rings. The average molecular weight is 302 g/mol. The van der Waals surface area contributed by atoms with Crippen LogP contribution in [-0.4, -0.2) is 27.2 Å². The molecule has 1 heterocycles. The van der Waals surface area contributed by atoms with Gasteiger partial charge in [0, 0.05) is 5.56 Å². The minimum atomic E-state index is -0.394. The lowest BCUT2D eigenvalue weighted by Crippen LogP contribution is -2.24. The van der Waals surface area contributed by atoms with Crippen molar-refractivity contribution in [3.8, 4) is 29.4 Å². The van der Waals surface area contributed by atoms with E-state index in [0.29, 0.717) is 5.82 Å². The lowest BCUT2D eigenvalue weighted by atomic mass is 10.2. The zero-order valence-corrected chi connectivity index (χ0v) is 12.3. The Morgan fingerprint density at radius 1 is 1.09 bits per heavy atom. The van der Waals surface area contributed by atoms with Gasteiger partial charge in [0.05, 0.1) is 12.2 Å². The standard InChI is InChI=1S/C18H14N4O/c1-2-13-19-18(23)16-20-17(14-9-5-3-6-10-14)22(21-16)15-11-7-4-8-12-15/h1,3-12H,13H2,(H,19,23). The molecule has 1 amide bonds. The number of amides is 1. The van der Waals surface area contributed by atoms with Crippen molar-refractivity contribution in [3.05, 3.63) is 66.5 Å². The number of benzene rings is 2. The van der Waals surface area contributed by atoms with Crippen LogP contribution in [0.25, 0.3) is 17.1 Å². The van der Waals surface area contributed by atoms with Crippen LogP contribution in [0.5, 0.6) is 0 Å². The Morgan fingerprint density at radius 2 is 1.74 bits per heavy atom. The van der Waals surface area contributed by atoms with Crippen molar-refractivity contribution in [3.63, 3.8) is 0 Å². The first kappa shape index (κ1) is 14.5. The first-order valence-electron chi connectivity index (χ1n) is 7.09. The molecule has 3 rings (SSSR count). The van der Waals surface area contributed by atoms with Gasteiger partial charge < -0.3 is 5.32 Å². The molecule has 5 nitrogen and oxygen atoms in total. The maximum absolute atomic E-state index is 12.1. The van der Waals surface area contributed by atoms with E-state index in [0.717, 1.165) is 11.3 Å².